The average Bonchev–Trinajstić information content (AvgIpc) is 2.59. The summed E-state index contributed by atoms with van der Waals surface area (Å²) in [6, 6.07) is 12.0. The van der Waals surface area contributed by atoms with Crippen LogP contribution in [0.15, 0.2) is 42.5 Å². The quantitative estimate of drug-likeness (QED) is 0.779. The molecule has 1 aliphatic rings. The van der Waals surface area contributed by atoms with Crippen molar-refractivity contribution in [2.24, 2.45) is 0 Å². The van der Waals surface area contributed by atoms with E-state index in [0.717, 1.165) is 0 Å². The fourth-order valence-electron chi connectivity index (χ4n) is 2.86. The van der Waals surface area contributed by atoms with Crippen LogP contribution in [0.5, 0.6) is 11.5 Å². The van der Waals surface area contributed by atoms with Crippen LogP contribution < -0.4 is 10.1 Å². The van der Waals surface area contributed by atoms with Crippen molar-refractivity contribution in [3.63, 3.8) is 0 Å². The van der Waals surface area contributed by atoms with Gasteiger partial charge in [-0.25, -0.2) is 0 Å². The molecule has 0 aromatic heterocycles. The summed E-state index contributed by atoms with van der Waals surface area (Å²) in [5, 5.41) is 31.9. The van der Waals surface area contributed by atoms with E-state index < -0.39 is 23.7 Å². The Kier molecular flexibility index (Phi) is 4.11. The molecule has 6 heteroatoms. The van der Waals surface area contributed by atoms with E-state index in [1.807, 2.05) is 6.07 Å². The minimum Gasteiger partial charge on any atom is -0.508 e. The Morgan fingerprint density at radius 2 is 1.92 bits per heavy atom. The molecular formula is C19H18N2O4. The molecule has 0 fully saturated rings. The smallest absolute Gasteiger partial charge is 0.251 e. The number of nitrogens with zero attached hydrogens (tertiary/aromatic N) is 1. The lowest BCUT2D eigenvalue weighted by Crippen LogP contribution is -2.53. The SMILES string of the molecule is CC1(C)Oc2ccc(C#N)cc2[C@@H](NC(=O)c2ccc(O)cc2)[C@@H]1O. The number of aliphatic hydroxyl groups excluding tert-OH is 1. The molecule has 2 aromatic carbocycles. The van der Waals surface area contributed by atoms with Gasteiger partial charge in [0, 0.05) is 11.1 Å². The monoisotopic (exact) mass is 338 g/mol. The second-order valence-corrected chi connectivity index (χ2v) is 6.51. The van der Waals surface area contributed by atoms with Crippen LogP contribution in [0.25, 0.3) is 0 Å². The second-order valence-electron chi connectivity index (χ2n) is 6.51. The summed E-state index contributed by atoms with van der Waals surface area (Å²) < 4.78 is 5.82. The summed E-state index contributed by atoms with van der Waals surface area (Å²) in [4.78, 5) is 12.5. The van der Waals surface area contributed by atoms with E-state index >= 15 is 0 Å². The lowest BCUT2D eigenvalue weighted by Gasteiger charge is -2.42. The third kappa shape index (κ3) is 3.14. The number of nitriles is 1. The molecule has 0 unspecified atom stereocenters. The van der Waals surface area contributed by atoms with E-state index in [1.165, 1.54) is 24.3 Å². The number of amides is 1. The fourth-order valence-corrected chi connectivity index (χ4v) is 2.86. The van der Waals surface area contributed by atoms with E-state index in [0.29, 0.717) is 22.4 Å². The number of aliphatic hydroxyl groups is 1. The van der Waals surface area contributed by atoms with E-state index in [2.05, 4.69) is 5.32 Å². The highest BCUT2D eigenvalue weighted by Crippen LogP contribution is 2.40. The molecule has 25 heavy (non-hydrogen) atoms. The van der Waals surface area contributed by atoms with Crippen molar-refractivity contribution < 1.29 is 19.7 Å². The molecule has 3 N–H and O–H groups in total. The van der Waals surface area contributed by atoms with Crippen LogP contribution in [0.2, 0.25) is 0 Å². The highest BCUT2D eigenvalue weighted by atomic mass is 16.5. The number of nitrogens with one attached hydrogen (secondary N) is 1. The van der Waals surface area contributed by atoms with Gasteiger partial charge < -0.3 is 20.3 Å². The van der Waals surface area contributed by atoms with Gasteiger partial charge in [-0.2, -0.15) is 5.26 Å². The number of rotatable bonds is 2. The van der Waals surface area contributed by atoms with Crippen molar-refractivity contribution in [3.8, 4) is 17.6 Å². The van der Waals surface area contributed by atoms with Crippen molar-refractivity contribution in [1.29, 1.82) is 5.26 Å². The van der Waals surface area contributed by atoms with Gasteiger partial charge in [-0.15, -0.1) is 0 Å². The summed E-state index contributed by atoms with van der Waals surface area (Å²) >= 11 is 0. The molecule has 1 aliphatic heterocycles. The Morgan fingerprint density at radius 3 is 2.56 bits per heavy atom. The first-order valence-corrected chi connectivity index (χ1v) is 7.83. The number of hydrogen-bond acceptors (Lipinski definition) is 5. The minimum absolute atomic E-state index is 0.0628. The molecule has 6 nitrogen and oxygen atoms in total. The number of ether oxygens (including phenoxy) is 1. The zero-order chi connectivity index (χ0) is 18.2. The van der Waals surface area contributed by atoms with Crippen LogP contribution in [0.3, 0.4) is 0 Å². The standard InChI is InChI=1S/C19H18N2O4/c1-19(2)17(23)16(14-9-11(10-20)3-8-15(14)25-19)21-18(24)12-4-6-13(22)7-5-12/h3-9,16-17,22-23H,1-2H3,(H,21,24)/t16-,17+/m1/s1. The van der Waals surface area contributed by atoms with Gasteiger partial charge in [0.25, 0.3) is 5.91 Å². The first-order valence-electron chi connectivity index (χ1n) is 7.83. The zero-order valence-corrected chi connectivity index (χ0v) is 13.9. The van der Waals surface area contributed by atoms with Crippen LogP contribution >= 0.6 is 0 Å². The van der Waals surface area contributed by atoms with Gasteiger partial charge in [-0.3, -0.25) is 4.79 Å². The molecule has 2 atom stereocenters. The third-order valence-corrected chi connectivity index (χ3v) is 4.29. The first kappa shape index (κ1) is 16.8. The Hall–Kier alpha value is -3.04. The first-order chi connectivity index (χ1) is 11.8. The van der Waals surface area contributed by atoms with Gasteiger partial charge in [-0.05, 0) is 56.3 Å². The largest absolute Gasteiger partial charge is 0.508 e. The molecule has 0 saturated carbocycles. The maximum atomic E-state index is 12.5. The van der Waals surface area contributed by atoms with Gasteiger partial charge in [-0.1, -0.05) is 0 Å². The van der Waals surface area contributed by atoms with Crippen LogP contribution in [0, 0.1) is 11.3 Å². The Balaban J connectivity index is 1.97. The summed E-state index contributed by atoms with van der Waals surface area (Å²) in [6.07, 6.45) is -1.00. The summed E-state index contributed by atoms with van der Waals surface area (Å²) in [5.41, 5.74) is 0.414. The van der Waals surface area contributed by atoms with Gasteiger partial charge >= 0.3 is 0 Å². The van der Waals surface area contributed by atoms with Crippen molar-refractivity contribution in [3.05, 3.63) is 59.2 Å². The third-order valence-electron chi connectivity index (χ3n) is 4.29. The summed E-state index contributed by atoms with van der Waals surface area (Å²) in [5.74, 6) is 0.188. The molecule has 128 valence electrons. The minimum atomic E-state index is -1.00. The molecule has 0 aliphatic carbocycles. The molecular weight excluding hydrogens is 320 g/mol. The lowest BCUT2D eigenvalue weighted by atomic mass is 9.85. The number of aromatic hydroxyl groups is 1. The molecule has 3 rings (SSSR count). The van der Waals surface area contributed by atoms with E-state index in [1.54, 1.807) is 32.0 Å². The maximum Gasteiger partial charge on any atom is 0.251 e. The number of phenolic OH excluding ortho intramolecular Hbond substituents is 1. The van der Waals surface area contributed by atoms with Crippen LogP contribution in [0.4, 0.5) is 0 Å². The number of phenols is 1. The summed E-state index contributed by atoms with van der Waals surface area (Å²) in [6.45, 7) is 3.47. The van der Waals surface area contributed by atoms with E-state index in [4.69, 9.17) is 10.00 Å². The van der Waals surface area contributed by atoms with Crippen LogP contribution in [0.1, 0.15) is 41.4 Å². The van der Waals surface area contributed by atoms with Gasteiger partial charge in [0.1, 0.15) is 23.2 Å². The van der Waals surface area contributed by atoms with Crippen molar-refractivity contribution >= 4 is 5.91 Å². The highest BCUT2D eigenvalue weighted by Gasteiger charge is 2.43. The predicted molar refractivity (Wildman–Crippen MR) is 90.2 cm³/mol. The summed E-state index contributed by atoms with van der Waals surface area (Å²) in [7, 11) is 0. The van der Waals surface area contributed by atoms with Crippen LogP contribution in [-0.2, 0) is 0 Å². The molecule has 1 heterocycles. The lowest BCUT2D eigenvalue weighted by molar-refractivity contribution is -0.0627. The Morgan fingerprint density at radius 1 is 1.24 bits per heavy atom. The fraction of sp³-hybridized carbons (Fsp3) is 0.263. The Labute approximate surface area is 145 Å². The molecule has 1 amide bonds. The second kappa shape index (κ2) is 6.11. The van der Waals surface area contributed by atoms with E-state index in [-0.39, 0.29) is 5.75 Å². The van der Waals surface area contributed by atoms with E-state index in [9.17, 15) is 15.0 Å². The number of carbonyl (C=O) groups excluding carboxylic acids is 1. The Bertz CT molecular complexity index is 853. The molecule has 2 aromatic rings. The molecule has 0 spiro atoms. The van der Waals surface area contributed by atoms with Gasteiger partial charge in [0.15, 0.2) is 0 Å². The molecule has 0 bridgehead atoms. The number of hydrogen-bond donors (Lipinski definition) is 3. The van der Waals surface area contributed by atoms with Crippen molar-refractivity contribution in [1.82, 2.24) is 5.32 Å². The van der Waals surface area contributed by atoms with Crippen molar-refractivity contribution in [2.45, 2.75) is 31.6 Å². The maximum absolute atomic E-state index is 12.5. The van der Waals surface area contributed by atoms with Crippen LogP contribution in [-0.4, -0.2) is 27.8 Å². The van der Waals surface area contributed by atoms with Crippen molar-refractivity contribution in [2.75, 3.05) is 0 Å². The molecule has 0 radical (unpaired) electrons. The van der Waals surface area contributed by atoms with Gasteiger partial charge in [0.05, 0.1) is 17.7 Å². The number of carbonyl (C=O) groups is 1. The highest BCUT2D eigenvalue weighted by molar-refractivity contribution is 5.94. The zero-order valence-electron chi connectivity index (χ0n) is 13.9. The average molecular weight is 338 g/mol. The van der Waals surface area contributed by atoms with Gasteiger partial charge in [0.2, 0.25) is 0 Å². The number of benzene rings is 2. The predicted octanol–water partition coefficient (Wildman–Crippen LogP) is 2.27. The normalized spacial score (nSPS) is 20.7. The number of fused-ring (bicyclic) bond motifs is 1. The topological polar surface area (TPSA) is 103 Å². The molecule has 0 saturated heterocycles.